The summed E-state index contributed by atoms with van der Waals surface area (Å²) in [6.07, 6.45) is 1.48. The fourth-order valence-electron chi connectivity index (χ4n) is 1.62. The number of amides is 2. The minimum atomic E-state index is -0.284. The molecule has 0 saturated carbocycles. The first-order valence-electron chi connectivity index (χ1n) is 5.81. The molecule has 0 saturated heterocycles. The number of nitrogens with zero attached hydrogens (tertiary/aromatic N) is 1. The zero-order chi connectivity index (χ0) is 13.5. The maximum absolute atomic E-state index is 11.7. The molecular formula is C13H15N3O2S. The highest BCUT2D eigenvalue weighted by Crippen LogP contribution is 2.15. The Morgan fingerprint density at radius 1 is 1.42 bits per heavy atom. The lowest BCUT2D eigenvalue weighted by molar-refractivity contribution is 0.104. The van der Waals surface area contributed by atoms with E-state index < -0.39 is 0 Å². The molecule has 2 rings (SSSR count). The van der Waals surface area contributed by atoms with E-state index in [1.807, 2.05) is 30.3 Å². The molecule has 0 spiro atoms. The number of carbonyl (C=O) groups is 1. The summed E-state index contributed by atoms with van der Waals surface area (Å²) >= 11 is 1.37. The lowest BCUT2D eigenvalue weighted by Crippen LogP contribution is -2.32. The minimum Gasteiger partial charge on any atom is -0.375 e. The Morgan fingerprint density at radius 2 is 2.21 bits per heavy atom. The van der Waals surface area contributed by atoms with E-state index in [0.29, 0.717) is 11.7 Å². The summed E-state index contributed by atoms with van der Waals surface area (Å²) in [5, 5.41) is 7.79. The van der Waals surface area contributed by atoms with Crippen molar-refractivity contribution in [3.05, 3.63) is 47.5 Å². The van der Waals surface area contributed by atoms with Crippen LogP contribution >= 0.6 is 11.3 Å². The molecule has 2 aromatic rings. The van der Waals surface area contributed by atoms with Crippen LogP contribution in [0.1, 0.15) is 11.7 Å². The molecule has 0 fully saturated rings. The number of hydrogen-bond acceptors (Lipinski definition) is 4. The van der Waals surface area contributed by atoms with Gasteiger partial charge in [0.25, 0.3) is 0 Å². The summed E-state index contributed by atoms with van der Waals surface area (Å²) < 4.78 is 5.37. The molecule has 2 N–H and O–H groups in total. The van der Waals surface area contributed by atoms with Gasteiger partial charge in [-0.2, -0.15) is 0 Å². The number of benzene rings is 1. The predicted molar refractivity (Wildman–Crippen MR) is 75.3 cm³/mol. The Morgan fingerprint density at radius 3 is 2.84 bits per heavy atom. The van der Waals surface area contributed by atoms with Crippen molar-refractivity contribution in [1.82, 2.24) is 10.3 Å². The van der Waals surface area contributed by atoms with Gasteiger partial charge in [0, 0.05) is 25.2 Å². The first-order valence-corrected chi connectivity index (χ1v) is 6.69. The number of hydrogen-bond donors (Lipinski definition) is 2. The molecular weight excluding hydrogens is 262 g/mol. The summed E-state index contributed by atoms with van der Waals surface area (Å²) in [6.45, 7) is 0.401. The van der Waals surface area contributed by atoms with Gasteiger partial charge in [-0.3, -0.25) is 5.32 Å². The van der Waals surface area contributed by atoms with Crippen LogP contribution in [0.25, 0.3) is 0 Å². The third-order valence-corrected chi connectivity index (χ3v) is 3.25. The van der Waals surface area contributed by atoms with Gasteiger partial charge in [0.1, 0.15) is 0 Å². The maximum Gasteiger partial charge on any atom is 0.321 e. The molecule has 0 aliphatic carbocycles. The van der Waals surface area contributed by atoms with Gasteiger partial charge in [-0.05, 0) is 5.56 Å². The number of thiazole rings is 1. The Labute approximate surface area is 115 Å². The number of rotatable bonds is 5. The first-order chi connectivity index (χ1) is 9.29. The van der Waals surface area contributed by atoms with E-state index in [4.69, 9.17) is 4.74 Å². The van der Waals surface area contributed by atoms with Crippen molar-refractivity contribution in [1.29, 1.82) is 0 Å². The van der Waals surface area contributed by atoms with Crippen LogP contribution < -0.4 is 10.6 Å². The van der Waals surface area contributed by atoms with Crippen LogP contribution in [0, 0.1) is 0 Å². The van der Waals surface area contributed by atoms with E-state index in [-0.39, 0.29) is 12.1 Å². The van der Waals surface area contributed by atoms with E-state index in [9.17, 15) is 4.79 Å². The van der Waals surface area contributed by atoms with Crippen molar-refractivity contribution in [3.8, 4) is 0 Å². The van der Waals surface area contributed by atoms with Gasteiger partial charge in [-0.15, -0.1) is 11.3 Å². The van der Waals surface area contributed by atoms with E-state index in [1.165, 1.54) is 11.3 Å². The van der Waals surface area contributed by atoms with Crippen LogP contribution in [0.15, 0.2) is 41.9 Å². The molecule has 5 nitrogen and oxygen atoms in total. The second-order valence-corrected chi connectivity index (χ2v) is 4.70. The molecule has 19 heavy (non-hydrogen) atoms. The van der Waals surface area contributed by atoms with E-state index in [0.717, 1.165) is 5.56 Å². The molecule has 0 aliphatic heterocycles. The lowest BCUT2D eigenvalue weighted by atomic mass is 10.1. The normalized spacial score (nSPS) is 11.8. The largest absolute Gasteiger partial charge is 0.375 e. The van der Waals surface area contributed by atoms with E-state index in [2.05, 4.69) is 15.6 Å². The molecule has 1 unspecified atom stereocenters. The zero-order valence-electron chi connectivity index (χ0n) is 10.5. The van der Waals surface area contributed by atoms with Gasteiger partial charge in [-0.1, -0.05) is 30.3 Å². The zero-order valence-corrected chi connectivity index (χ0v) is 11.3. The van der Waals surface area contributed by atoms with Crippen molar-refractivity contribution in [2.24, 2.45) is 0 Å². The summed E-state index contributed by atoms with van der Waals surface area (Å²) in [7, 11) is 1.62. The Hall–Kier alpha value is -1.92. The molecule has 2 amide bonds. The quantitative estimate of drug-likeness (QED) is 0.883. The van der Waals surface area contributed by atoms with Crippen LogP contribution in [0.4, 0.5) is 9.93 Å². The fraction of sp³-hybridized carbons (Fsp3) is 0.231. The van der Waals surface area contributed by atoms with Gasteiger partial charge >= 0.3 is 6.03 Å². The highest BCUT2D eigenvalue weighted by molar-refractivity contribution is 7.13. The SMILES string of the molecule is COC(CNC(=O)Nc1nccs1)c1ccccc1. The van der Waals surface area contributed by atoms with Crippen molar-refractivity contribution < 1.29 is 9.53 Å². The first kappa shape index (κ1) is 13.5. The van der Waals surface area contributed by atoms with Crippen LogP contribution in [-0.4, -0.2) is 24.7 Å². The summed E-state index contributed by atoms with van der Waals surface area (Å²) in [5.74, 6) is 0. The van der Waals surface area contributed by atoms with E-state index in [1.54, 1.807) is 18.7 Å². The van der Waals surface area contributed by atoms with Gasteiger partial charge < -0.3 is 10.1 Å². The number of nitrogens with one attached hydrogen (secondary N) is 2. The monoisotopic (exact) mass is 277 g/mol. The second kappa shape index (κ2) is 6.86. The third-order valence-electron chi connectivity index (χ3n) is 2.56. The van der Waals surface area contributed by atoms with Crippen molar-refractivity contribution in [3.63, 3.8) is 0 Å². The lowest BCUT2D eigenvalue weighted by Gasteiger charge is -2.16. The van der Waals surface area contributed by atoms with Crippen LogP contribution in [-0.2, 0) is 4.74 Å². The Kier molecular flexibility index (Phi) is 4.88. The molecule has 1 aromatic heterocycles. The summed E-state index contributed by atoms with van der Waals surface area (Å²) in [4.78, 5) is 15.6. The molecule has 0 aliphatic rings. The number of anilines is 1. The maximum atomic E-state index is 11.7. The van der Waals surface area contributed by atoms with Crippen LogP contribution in [0.2, 0.25) is 0 Å². The fourth-order valence-corrected chi connectivity index (χ4v) is 2.14. The van der Waals surface area contributed by atoms with E-state index >= 15 is 0 Å². The van der Waals surface area contributed by atoms with Crippen LogP contribution in [0.3, 0.4) is 0 Å². The molecule has 100 valence electrons. The molecule has 1 aromatic carbocycles. The topological polar surface area (TPSA) is 63.2 Å². The number of urea groups is 1. The highest BCUT2D eigenvalue weighted by Gasteiger charge is 2.11. The van der Waals surface area contributed by atoms with Crippen molar-refractivity contribution >= 4 is 22.5 Å². The molecule has 0 bridgehead atoms. The second-order valence-electron chi connectivity index (χ2n) is 3.81. The molecule has 1 heterocycles. The third kappa shape index (κ3) is 4.04. The number of aromatic nitrogens is 1. The molecule has 0 radical (unpaired) electrons. The number of ether oxygens (including phenoxy) is 1. The Bertz CT molecular complexity index is 502. The van der Waals surface area contributed by atoms with Gasteiger partial charge in [-0.25, -0.2) is 9.78 Å². The predicted octanol–water partition coefficient (Wildman–Crippen LogP) is 2.65. The van der Waals surface area contributed by atoms with Gasteiger partial charge in [0.05, 0.1) is 6.10 Å². The summed E-state index contributed by atoms with van der Waals surface area (Å²) in [6, 6.07) is 9.48. The van der Waals surface area contributed by atoms with Gasteiger partial charge in [0.2, 0.25) is 0 Å². The van der Waals surface area contributed by atoms with Crippen LogP contribution in [0.5, 0.6) is 0 Å². The van der Waals surface area contributed by atoms with Gasteiger partial charge in [0.15, 0.2) is 5.13 Å². The highest BCUT2D eigenvalue weighted by atomic mass is 32.1. The smallest absolute Gasteiger partial charge is 0.321 e. The number of carbonyl (C=O) groups excluding carboxylic acids is 1. The number of methoxy groups -OCH3 is 1. The summed E-state index contributed by atoms with van der Waals surface area (Å²) in [5.41, 5.74) is 1.03. The Balaban J connectivity index is 1.85. The van der Waals surface area contributed by atoms with Crippen molar-refractivity contribution in [2.75, 3.05) is 19.0 Å². The molecule has 6 heteroatoms. The van der Waals surface area contributed by atoms with Crippen molar-refractivity contribution in [2.45, 2.75) is 6.10 Å². The standard InChI is InChI=1S/C13H15N3O2S/c1-18-11(10-5-3-2-4-6-10)9-15-12(17)16-13-14-7-8-19-13/h2-8,11H,9H2,1H3,(H2,14,15,16,17). The molecule has 1 atom stereocenters. The minimum absolute atomic E-state index is 0.164. The average Bonchev–Trinajstić information content (AvgIpc) is 2.93. The average molecular weight is 277 g/mol.